The van der Waals surface area contributed by atoms with E-state index in [9.17, 15) is 22.4 Å². The van der Waals surface area contributed by atoms with Crippen LogP contribution in [0.15, 0.2) is 24.3 Å². The molecule has 7 heteroatoms. The SMILES string of the molecule is O=C(O)C(F)Cc1ccccc1OC(F)(F)F. The fourth-order valence-corrected chi connectivity index (χ4v) is 1.18. The summed E-state index contributed by atoms with van der Waals surface area (Å²) in [7, 11) is 0. The van der Waals surface area contributed by atoms with E-state index in [1.54, 1.807) is 0 Å². The molecule has 0 heterocycles. The summed E-state index contributed by atoms with van der Waals surface area (Å²) in [5.74, 6) is -2.32. The zero-order valence-corrected chi connectivity index (χ0v) is 8.37. The lowest BCUT2D eigenvalue weighted by molar-refractivity contribution is -0.274. The van der Waals surface area contributed by atoms with Crippen LogP contribution in [-0.4, -0.2) is 23.6 Å². The van der Waals surface area contributed by atoms with E-state index in [1.807, 2.05) is 0 Å². The monoisotopic (exact) mass is 252 g/mol. The lowest BCUT2D eigenvalue weighted by Crippen LogP contribution is -2.21. The van der Waals surface area contributed by atoms with Crippen molar-refractivity contribution in [3.63, 3.8) is 0 Å². The third-order valence-corrected chi connectivity index (χ3v) is 1.87. The molecule has 0 fully saturated rings. The van der Waals surface area contributed by atoms with Crippen molar-refractivity contribution in [1.29, 1.82) is 0 Å². The summed E-state index contributed by atoms with van der Waals surface area (Å²) >= 11 is 0. The Bertz CT molecular complexity index is 403. The van der Waals surface area contributed by atoms with Gasteiger partial charge in [-0.15, -0.1) is 13.2 Å². The van der Waals surface area contributed by atoms with Crippen molar-refractivity contribution in [2.24, 2.45) is 0 Å². The van der Waals surface area contributed by atoms with Gasteiger partial charge in [0.2, 0.25) is 6.17 Å². The van der Waals surface area contributed by atoms with Crippen molar-refractivity contribution < 1.29 is 32.2 Å². The van der Waals surface area contributed by atoms with E-state index < -0.39 is 30.7 Å². The number of hydrogen-bond donors (Lipinski definition) is 1. The number of para-hydroxylation sites is 1. The summed E-state index contributed by atoms with van der Waals surface area (Å²) in [6, 6.07) is 4.82. The minimum atomic E-state index is -4.90. The fraction of sp³-hybridized carbons (Fsp3) is 0.300. The van der Waals surface area contributed by atoms with Gasteiger partial charge in [0, 0.05) is 6.42 Å². The number of benzene rings is 1. The van der Waals surface area contributed by atoms with Crippen LogP contribution in [0.2, 0.25) is 0 Å². The summed E-state index contributed by atoms with van der Waals surface area (Å²) in [6.07, 6.45) is -7.85. The molecule has 17 heavy (non-hydrogen) atoms. The highest BCUT2D eigenvalue weighted by atomic mass is 19.4. The Morgan fingerprint density at radius 2 is 1.94 bits per heavy atom. The maximum absolute atomic E-state index is 12.9. The predicted molar refractivity (Wildman–Crippen MR) is 49.4 cm³/mol. The van der Waals surface area contributed by atoms with E-state index in [4.69, 9.17) is 5.11 Å². The molecule has 0 aromatic heterocycles. The third kappa shape index (κ3) is 4.29. The van der Waals surface area contributed by atoms with Crippen LogP contribution in [-0.2, 0) is 11.2 Å². The van der Waals surface area contributed by atoms with E-state index in [0.717, 1.165) is 6.07 Å². The number of ether oxygens (including phenoxy) is 1. The Morgan fingerprint density at radius 3 is 2.47 bits per heavy atom. The Labute approximate surface area is 93.6 Å². The molecule has 0 saturated heterocycles. The van der Waals surface area contributed by atoms with Gasteiger partial charge >= 0.3 is 12.3 Å². The van der Waals surface area contributed by atoms with E-state index in [-0.39, 0.29) is 5.56 Å². The maximum atomic E-state index is 12.9. The molecule has 1 N–H and O–H groups in total. The van der Waals surface area contributed by atoms with Crippen molar-refractivity contribution in [3.05, 3.63) is 29.8 Å². The number of rotatable bonds is 4. The number of carbonyl (C=O) groups is 1. The van der Waals surface area contributed by atoms with Crippen LogP contribution in [0.4, 0.5) is 17.6 Å². The lowest BCUT2D eigenvalue weighted by atomic mass is 10.1. The molecule has 0 bridgehead atoms. The highest BCUT2D eigenvalue weighted by Gasteiger charge is 2.32. The first-order valence-corrected chi connectivity index (χ1v) is 4.50. The van der Waals surface area contributed by atoms with Crippen LogP contribution in [0, 0.1) is 0 Å². The third-order valence-electron chi connectivity index (χ3n) is 1.87. The summed E-state index contributed by atoms with van der Waals surface area (Å²) in [4.78, 5) is 10.3. The van der Waals surface area contributed by atoms with E-state index in [2.05, 4.69) is 4.74 Å². The minimum absolute atomic E-state index is 0.153. The first-order chi connectivity index (χ1) is 7.79. The van der Waals surface area contributed by atoms with E-state index in [1.165, 1.54) is 18.2 Å². The molecular weight excluding hydrogens is 244 g/mol. The molecule has 1 aromatic rings. The molecule has 0 saturated carbocycles. The average Bonchev–Trinajstić information content (AvgIpc) is 2.18. The fourth-order valence-electron chi connectivity index (χ4n) is 1.18. The Morgan fingerprint density at radius 1 is 1.35 bits per heavy atom. The smallest absolute Gasteiger partial charge is 0.479 e. The highest BCUT2D eigenvalue weighted by Crippen LogP contribution is 2.27. The van der Waals surface area contributed by atoms with Gasteiger partial charge in [0.1, 0.15) is 5.75 Å². The first kappa shape index (κ1) is 13.3. The van der Waals surface area contributed by atoms with Crippen molar-refractivity contribution in [2.45, 2.75) is 19.0 Å². The predicted octanol–water partition coefficient (Wildman–Crippen LogP) is 2.55. The van der Waals surface area contributed by atoms with Gasteiger partial charge in [-0.1, -0.05) is 18.2 Å². The van der Waals surface area contributed by atoms with Gasteiger partial charge in [0.25, 0.3) is 0 Å². The molecule has 0 amide bonds. The second-order valence-corrected chi connectivity index (χ2v) is 3.17. The molecule has 1 aromatic carbocycles. The van der Waals surface area contributed by atoms with Crippen LogP contribution in [0.5, 0.6) is 5.75 Å². The number of carboxylic acid groups (broad SMARTS) is 1. The van der Waals surface area contributed by atoms with Crippen molar-refractivity contribution in [1.82, 2.24) is 0 Å². The second-order valence-electron chi connectivity index (χ2n) is 3.17. The Balaban J connectivity index is 2.88. The maximum Gasteiger partial charge on any atom is 0.573 e. The van der Waals surface area contributed by atoms with Gasteiger partial charge in [-0.05, 0) is 11.6 Å². The van der Waals surface area contributed by atoms with Gasteiger partial charge in [-0.2, -0.15) is 0 Å². The molecule has 94 valence electrons. The Kier molecular flexibility index (Phi) is 3.93. The standard InChI is InChI=1S/C10H8F4O3/c11-7(9(15)16)5-6-3-1-2-4-8(6)17-10(12,13)14/h1-4,7H,5H2,(H,15,16). The zero-order chi connectivity index (χ0) is 13.1. The molecule has 0 spiro atoms. The quantitative estimate of drug-likeness (QED) is 0.837. The molecule has 1 atom stereocenters. The van der Waals surface area contributed by atoms with Gasteiger partial charge in [0.05, 0.1) is 0 Å². The summed E-state index contributed by atoms with van der Waals surface area (Å²) in [6.45, 7) is 0. The van der Waals surface area contributed by atoms with Gasteiger partial charge in [0.15, 0.2) is 0 Å². The normalized spacial score (nSPS) is 13.2. The van der Waals surface area contributed by atoms with Gasteiger partial charge in [-0.3, -0.25) is 0 Å². The average molecular weight is 252 g/mol. The van der Waals surface area contributed by atoms with Crippen LogP contribution in [0.1, 0.15) is 5.56 Å². The molecule has 0 aliphatic heterocycles. The highest BCUT2D eigenvalue weighted by molar-refractivity contribution is 5.72. The summed E-state index contributed by atoms with van der Waals surface area (Å²) < 4.78 is 52.5. The molecule has 0 aliphatic carbocycles. The van der Waals surface area contributed by atoms with Crippen LogP contribution in [0.25, 0.3) is 0 Å². The lowest BCUT2D eigenvalue weighted by Gasteiger charge is -2.13. The molecule has 0 aliphatic rings. The van der Waals surface area contributed by atoms with E-state index >= 15 is 0 Å². The van der Waals surface area contributed by atoms with E-state index in [0.29, 0.717) is 0 Å². The molecule has 1 unspecified atom stereocenters. The van der Waals surface area contributed by atoms with Gasteiger partial charge < -0.3 is 9.84 Å². The first-order valence-electron chi connectivity index (χ1n) is 4.50. The Hall–Kier alpha value is -1.79. The van der Waals surface area contributed by atoms with Crippen LogP contribution >= 0.6 is 0 Å². The van der Waals surface area contributed by atoms with Crippen molar-refractivity contribution in [2.75, 3.05) is 0 Å². The second kappa shape index (κ2) is 5.03. The van der Waals surface area contributed by atoms with Crippen molar-refractivity contribution >= 4 is 5.97 Å². The topological polar surface area (TPSA) is 46.5 Å². The van der Waals surface area contributed by atoms with Gasteiger partial charge in [-0.25, -0.2) is 9.18 Å². The number of carboxylic acids is 1. The number of aliphatic carboxylic acids is 1. The zero-order valence-electron chi connectivity index (χ0n) is 8.37. The molecular formula is C10H8F4O3. The molecule has 0 radical (unpaired) electrons. The molecule has 3 nitrogen and oxygen atoms in total. The number of hydrogen-bond acceptors (Lipinski definition) is 2. The van der Waals surface area contributed by atoms with Crippen LogP contribution < -0.4 is 4.74 Å². The number of halogens is 4. The van der Waals surface area contributed by atoms with Crippen LogP contribution in [0.3, 0.4) is 0 Å². The van der Waals surface area contributed by atoms with Crippen molar-refractivity contribution in [3.8, 4) is 5.75 Å². The molecule has 1 rings (SSSR count). The summed E-state index contributed by atoms with van der Waals surface area (Å²) in [5, 5.41) is 8.33. The largest absolute Gasteiger partial charge is 0.573 e. The summed E-state index contributed by atoms with van der Waals surface area (Å²) in [5.41, 5.74) is -0.153. The minimum Gasteiger partial charge on any atom is -0.479 e. The number of alkyl halides is 4.